The van der Waals surface area contributed by atoms with Gasteiger partial charge in [-0.25, -0.2) is 9.36 Å². The molecule has 1 fully saturated rings. The first-order valence-electron chi connectivity index (χ1n) is 5.72. The Kier molecular flexibility index (Phi) is 22.4. The van der Waals surface area contributed by atoms with E-state index in [-0.39, 0.29) is 38.3 Å². The van der Waals surface area contributed by atoms with Crippen LogP contribution < -0.4 is 11.2 Å². The molecule has 4 atom stereocenters. The van der Waals surface area contributed by atoms with Crippen molar-refractivity contribution in [3.63, 3.8) is 0 Å². The second-order valence-corrected chi connectivity index (χ2v) is 5.59. The molecule has 1 aromatic heterocycles. The third-order valence-electron chi connectivity index (χ3n) is 2.87. The molecule has 19 N–H and O–H groups in total. The molecule has 19 heteroatoms. The van der Waals surface area contributed by atoms with Crippen LogP contribution in [0.4, 0.5) is 0 Å². The van der Waals surface area contributed by atoms with Crippen LogP contribution in [0.1, 0.15) is 6.23 Å². The van der Waals surface area contributed by atoms with Gasteiger partial charge in [-0.3, -0.25) is 18.9 Å². The molecule has 1 saturated heterocycles. The molecule has 28 heavy (non-hydrogen) atoms. The summed E-state index contributed by atoms with van der Waals surface area (Å²) < 4.78 is 20.8. The molecular weight excluding hydrogens is 423 g/mol. The number of aromatic amines is 1. The van der Waals surface area contributed by atoms with Gasteiger partial charge in [0.05, 0.1) is 6.61 Å². The lowest BCUT2D eigenvalue weighted by atomic mass is 10.1. The zero-order valence-electron chi connectivity index (χ0n) is 13.9. The number of hydrogen-bond donors (Lipinski definition) is 5. The van der Waals surface area contributed by atoms with E-state index in [1.54, 1.807) is 0 Å². The smallest absolute Gasteiger partial charge is 0.412 e. The normalized spacial score (nSPS) is 22.3. The van der Waals surface area contributed by atoms with Gasteiger partial charge in [-0.2, -0.15) is 0 Å². The number of phosphoric ester groups is 1. The van der Waals surface area contributed by atoms with Gasteiger partial charge in [0.2, 0.25) is 0 Å². The minimum Gasteiger partial charge on any atom is -0.412 e. The Bertz CT molecular complexity index is 671. The van der Waals surface area contributed by atoms with Crippen molar-refractivity contribution in [3.8, 4) is 0 Å². The van der Waals surface area contributed by atoms with Crippen molar-refractivity contribution in [2.45, 2.75) is 24.5 Å². The van der Waals surface area contributed by atoms with E-state index >= 15 is 0 Å². The van der Waals surface area contributed by atoms with Crippen molar-refractivity contribution >= 4 is 7.82 Å². The van der Waals surface area contributed by atoms with Gasteiger partial charge in [0.1, 0.15) is 18.3 Å². The van der Waals surface area contributed by atoms with Gasteiger partial charge in [0.15, 0.2) is 6.23 Å². The Morgan fingerprint density at radius 3 is 1.96 bits per heavy atom. The molecule has 174 valence electrons. The van der Waals surface area contributed by atoms with Crippen LogP contribution in [0.2, 0.25) is 0 Å². The number of ether oxygens (including phenoxy) is 1. The number of hydrogen-bond acceptors (Lipinski definition) is 7. The van der Waals surface area contributed by atoms with Crippen LogP contribution in [0.5, 0.6) is 0 Å². The third-order valence-corrected chi connectivity index (χ3v) is 3.35. The van der Waals surface area contributed by atoms with Gasteiger partial charge in [-0.05, 0) is 0 Å². The summed E-state index contributed by atoms with van der Waals surface area (Å²) >= 11 is 0. The molecule has 0 saturated carbocycles. The van der Waals surface area contributed by atoms with E-state index in [0.29, 0.717) is 0 Å². The van der Waals surface area contributed by atoms with E-state index in [1.807, 2.05) is 4.98 Å². The number of nitrogens with zero attached hydrogens (tertiary/aromatic N) is 1. The Morgan fingerprint density at radius 1 is 1.04 bits per heavy atom. The summed E-state index contributed by atoms with van der Waals surface area (Å²) in [5, 5.41) is 19.6. The van der Waals surface area contributed by atoms with Gasteiger partial charge < -0.3 is 63.1 Å². The lowest BCUT2D eigenvalue weighted by Crippen LogP contribution is -2.37. The molecule has 0 unspecified atom stereocenters. The molecule has 0 bridgehead atoms. The highest BCUT2D eigenvalue weighted by Gasteiger charge is 2.44. The molecule has 1 aliphatic heterocycles. The SMILES string of the molecule is O.O.O.O.O.O.O.O=c1ccn([C@@H]2O[C@H](COP(=O)(O)O)[C@@H](O)[C@H]2O)c(=O)[nH]1. The highest BCUT2D eigenvalue weighted by atomic mass is 31.2. The largest absolute Gasteiger partial charge is 0.469 e. The van der Waals surface area contributed by atoms with Crippen LogP contribution in [-0.2, 0) is 13.8 Å². The predicted molar refractivity (Wildman–Crippen MR) is 90.5 cm³/mol. The Morgan fingerprint density at radius 2 is 1.54 bits per heavy atom. The van der Waals surface area contributed by atoms with Gasteiger partial charge >= 0.3 is 13.5 Å². The monoisotopic (exact) mass is 450 g/mol. The van der Waals surface area contributed by atoms with Crippen LogP contribution >= 0.6 is 7.82 Å². The number of H-pyrrole nitrogens is 1. The zero-order chi connectivity index (χ0) is 15.8. The molecule has 1 aromatic rings. The van der Waals surface area contributed by atoms with Crippen LogP contribution in [-0.4, -0.2) is 92.8 Å². The van der Waals surface area contributed by atoms with Crippen molar-refractivity contribution < 1.29 is 72.2 Å². The second-order valence-electron chi connectivity index (χ2n) is 4.35. The van der Waals surface area contributed by atoms with Crippen molar-refractivity contribution in [2.75, 3.05) is 6.61 Å². The molecule has 1 aliphatic rings. The van der Waals surface area contributed by atoms with Gasteiger partial charge in [-0.1, -0.05) is 0 Å². The number of nitrogens with one attached hydrogen (secondary N) is 1. The molecular formula is C9H27N2O16P. The predicted octanol–water partition coefficient (Wildman–Crippen LogP) is -8.51. The molecule has 18 nitrogen and oxygen atoms in total. The topological polar surface area (TPSA) is 392 Å². The average Bonchev–Trinajstić information content (AvgIpc) is 2.64. The Balaban J connectivity index is -0.000000173. The number of aliphatic hydroxyl groups is 2. The molecule has 0 aliphatic carbocycles. The molecule has 2 heterocycles. The first kappa shape index (κ1) is 40.9. The maximum atomic E-state index is 11.6. The number of phosphoric acid groups is 1. The minimum absolute atomic E-state index is 0. The van der Waals surface area contributed by atoms with E-state index in [0.717, 1.165) is 16.8 Å². The maximum absolute atomic E-state index is 11.6. The van der Waals surface area contributed by atoms with Gasteiger partial charge in [-0.15, -0.1) is 0 Å². The fraction of sp³-hybridized carbons (Fsp3) is 0.556. The van der Waals surface area contributed by atoms with Gasteiger partial charge in [0, 0.05) is 12.3 Å². The maximum Gasteiger partial charge on any atom is 0.469 e. The zero-order valence-corrected chi connectivity index (χ0v) is 14.8. The van der Waals surface area contributed by atoms with E-state index in [1.165, 1.54) is 0 Å². The number of rotatable bonds is 4. The fourth-order valence-corrected chi connectivity index (χ4v) is 2.24. The summed E-state index contributed by atoms with van der Waals surface area (Å²) in [6, 6.07) is 1.02. The molecule has 2 rings (SSSR count). The number of aliphatic hydroxyl groups excluding tert-OH is 2. The van der Waals surface area contributed by atoms with Crippen LogP contribution in [0.15, 0.2) is 21.9 Å². The highest BCUT2D eigenvalue weighted by Crippen LogP contribution is 2.38. The van der Waals surface area contributed by atoms with Crippen molar-refractivity contribution in [1.29, 1.82) is 0 Å². The summed E-state index contributed by atoms with van der Waals surface area (Å²) in [7, 11) is -4.76. The summed E-state index contributed by atoms with van der Waals surface area (Å²) in [5.41, 5.74) is -1.51. The second kappa shape index (κ2) is 15.3. The lowest BCUT2D eigenvalue weighted by Gasteiger charge is -2.16. The standard InChI is InChI=1S/C9H13N2O9P.7H2O/c12-5-1-2-11(9(15)10-5)8-7(14)6(13)4(20-8)3-19-21(16,17)18;;;;;;;/h1-2,4,6-8,13-14H,3H2,(H,10,12,15)(H2,16,17,18);7*1H2/t4-,6-,7-,8-;;;;;;;/m1......./s1. The van der Waals surface area contributed by atoms with Gasteiger partial charge in [0.25, 0.3) is 5.56 Å². The highest BCUT2D eigenvalue weighted by molar-refractivity contribution is 7.46. The van der Waals surface area contributed by atoms with Crippen LogP contribution in [0, 0.1) is 0 Å². The molecule has 0 radical (unpaired) electrons. The van der Waals surface area contributed by atoms with E-state index in [9.17, 15) is 24.4 Å². The van der Waals surface area contributed by atoms with E-state index < -0.39 is 50.2 Å². The Labute approximate surface area is 155 Å². The summed E-state index contributed by atoms with van der Waals surface area (Å²) in [6.45, 7) is -0.683. The molecule has 0 amide bonds. The van der Waals surface area contributed by atoms with Crippen molar-refractivity contribution in [2.24, 2.45) is 0 Å². The molecule has 0 aromatic carbocycles. The number of aromatic nitrogens is 2. The van der Waals surface area contributed by atoms with E-state index in [4.69, 9.17) is 14.5 Å². The van der Waals surface area contributed by atoms with Crippen molar-refractivity contribution in [3.05, 3.63) is 33.1 Å². The summed E-state index contributed by atoms with van der Waals surface area (Å²) in [5.74, 6) is 0. The Hall–Kier alpha value is -1.61. The lowest BCUT2D eigenvalue weighted by molar-refractivity contribution is -0.0543. The quantitative estimate of drug-likeness (QED) is 0.271. The third kappa shape index (κ3) is 9.54. The van der Waals surface area contributed by atoms with Crippen LogP contribution in [0.25, 0.3) is 0 Å². The first-order valence-corrected chi connectivity index (χ1v) is 7.25. The first-order chi connectivity index (χ1) is 9.69. The molecule has 0 spiro atoms. The summed E-state index contributed by atoms with van der Waals surface area (Å²) in [6.07, 6.45) is -4.58. The van der Waals surface area contributed by atoms with Crippen LogP contribution in [0.3, 0.4) is 0 Å². The van der Waals surface area contributed by atoms with E-state index in [2.05, 4.69) is 4.52 Å². The average molecular weight is 450 g/mol. The fourth-order valence-electron chi connectivity index (χ4n) is 1.89. The summed E-state index contributed by atoms with van der Waals surface area (Å²) in [4.78, 5) is 41.6. The van der Waals surface area contributed by atoms with Crippen molar-refractivity contribution in [1.82, 2.24) is 9.55 Å². The minimum atomic E-state index is -4.76.